The lowest BCUT2D eigenvalue weighted by molar-refractivity contribution is 0.0702. The first-order chi connectivity index (χ1) is 8.52. The van der Waals surface area contributed by atoms with Gasteiger partial charge in [0, 0.05) is 23.5 Å². The number of rotatable bonds is 4. The predicted molar refractivity (Wildman–Crippen MR) is 74.3 cm³/mol. The van der Waals surface area contributed by atoms with Crippen LogP contribution in [0.4, 0.5) is 0 Å². The molecule has 0 bridgehead atoms. The predicted octanol–water partition coefficient (Wildman–Crippen LogP) is 3.52. The number of carboxylic acids is 1. The normalized spacial score (nSPS) is 24.6. The molecule has 0 radical (unpaired) electrons. The van der Waals surface area contributed by atoms with Crippen LogP contribution in [0.2, 0.25) is 0 Å². The average molecular weight is 267 g/mol. The summed E-state index contributed by atoms with van der Waals surface area (Å²) in [5.74, 6) is -0.809. The first kappa shape index (κ1) is 13.6. The third-order valence-corrected chi connectivity index (χ3v) is 5.09. The number of aryl methyl sites for hydroxylation is 1. The average Bonchev–Trinajstić information content (AvgIpc) is 2.85. The van der Waals surface area contributed by atoms with Crippen LogP contribution in [0.3, 0.4) is 0 Å². The van der Waals surface area contributed by atoms with E-state index >= 15 is 0 Å². The van der Waals surface area contributed by atoms with E-state index in [1.165, 1.54) is 36.2 Å². The van der Waals surface area contributed by atoms with Crippen LogP contribution >= 0.6 is 11.3 Å². The summed E-state index contributed by atoms with van der Waals surface area (Å²) in [4.78, 5) is 15.1. The molecule has 0 saturated carbocycles. The first-order valence-electron chi connectivity index (χ1n) is 6.61. The Morgan fingerprint density at radius 1 is 1.56 bits per heavy atom. The van der Waals surface area contributed by atoms with Gasteiger partial charge >= 0.3 is 5.97 Å². The molecule has 0 amide bonds. The maximum atomic E-state index is 11.0. The number of hydrogen-bond donors (Lipinski definition) is 1. The van der Waals surface area contributed by atoms with E-state index in [1.54, 1.807) is 0 Å². The van der Waals surface area contributed by atoms with Crippen LogP contribution in [0.5, 0.6) is 0 Å². The quantitative estimate of drug-likeness (QED) is 0.907. The molecule has 1 fully saturated rings. The second-order valence-corrected chi connectivity index (χ2v) is 6.41. The van der Waals surface area contributed by atoms with Crippen LogP contribution in [0.25, 0.3) is 0 Å². The van der Waals surface area contributed by atoms with E-state index in [-0.39, 0.29) is 0 Å². The zero-order chi connectivity index (χ0) is 13.3. The Hall–Kier alpha value is -0.870. The maximum absolute atomic E-state index is 11.0. The van der Waals surface area contributed by atoms with Crippen molar-refractivity contribution in [1.29, 1.82) is 0 Å². The number of aromatic carboxylic acids is 1. The van der Waals surface area contributed by atoms with Crippen molar-refractivity contribution in [2.45, 2.75) is 58.7 Å². The van der Waals surface area contributed by atoms with Gasteiger partial charge in [0.05, 0.1) is 0 Å². The van der Waals surface area contributed by atoms with Crippen molar-refractivity contribution < 1.29 is 9.90 Å². The highest BCUT2D eigenvalue weighted by atomic mass is 32.1. The molecule has 2 atom stereocenters. The highest BCUT2D eigenvalue weighted by Crippen LogP contribution is 2.30. The van der Waals surface area contributed by atoms with Gasteiger partial charge in [-0.3, -0.25) is 4.90 Å². The van der Waals surface area contributed by atoms with Crippen molar-refractivity contribution in [2.75, 3.05) is 0 Å². The minimum absolute atomic E-state index is 0.461. The van der Waals surface area contributed by atoms with Crippen molar-refractivity contribution in [3.63, 3.8) is 0 Å². The van der Waals surface area contributed by atoms with E-state index in [2.05, 4.69) is 18.7 Å². The number of carbonyl (C=O) groups is 1. The molecule has 2 rings (SSSR count). The molecule has 1 N–H and O–H groups in total. The zero-order valence-electron chi connectivity index (χ0n) is 11.3. The summed E-state index contributed by atoms with van der Waals surface area (Å²) in [7, 11) is 0. The number of nitrogens with zero attached hydrogens (tertiary/aromatic N) is 1. The monoisotopic (exact) mass is 267 g/mol. The van der Waals surface area contributed by atoms with Crippen molar-refractivity contribution in [3.8, 4) is 0 Å². The van der Waals surface area contributed by atoms with Gasteiger partial charge in [-0.25, -0.2) is 4.79 Å². The van der Waals surface area contributed by atoms with Gasteiger partial charge in [-0.1, -0.05) is 6.92 Å². The van der Waals surface area contributed by atoms with Gasteiger partial charge in [0.15, 0.2) is 0 Å². The van der Waals surface area contributed by atoms with Crippen molar-refractivity contribution >= 4 is 17.3 Å². The molecule has 100 valence electrons. The first-order valence-corrected chi connectivity index (χ1v) is 7.43. The Kier molecular flexibility index (Phi) is 4.07. The van der Waals surface area contributed by atoms with Gasteiger partial charge in [-0.15, -0.1) is 11.3 Å². The van der Waals surface area contributed by atoms with E-state index < -0.39 is 5.97 Å². The second kappa shape index (κ2) is 5.41. The van der Waals surface area contributed by atoms with Crippen molar-refractivity contribution in [3.05, 3.63) is 21.4 Å². The summed E-state index contributed by atoms with van der Waals surface area (Å²) in [6.07, 6.45) is 3.71. The molecule has 3 nitrogen and oxygen atoms in total. The molecular weight excluding hydrogens is 246 g/mol. The second-order valence-electron chi connectivity index (χ2n) is 5.16. The molecule has 1 saturated heterocycles. The third kappa shape index (κ3) is 2.59. The molecule has 1 aliphatic heterocycles. The summed E-state index contributed by atoms with van der Waals surface area (Å²) < 4.78 is 0. The molecule has 2 unspecified atom stereocenters. The molecule has 1 aromatic rings. The van der Waals surface area contributed by atoms with Gasteiger partial charge in [0.2, 0.25) is 0 Å². The summed E-state index contributed by atoms with van der Waals surface area (Å²) in [5, 5.41) is 9.03. The topological polar surface area (TPSA) is 40.5 Å². The Morgan fingerprint density at radius 3 is 2.83 bits per heavy atom. The maximum Gasteiger partial charge on any atom is 0.345 e. The van der Waals surface area contributed by atoms with Gasteiger partial charge in [-0.05, 0) is 44.7 Å². The van der Waals surface area contributed by atoms with E-state index in [0.717, 1.165) is 11.4 Å². The smallest absolute Gasteiger partial charge is 0.345 e. The summed E-state index contributed by atoms with van der Waals surface area (Å²) in [5.41, 5.74) is 1.18. The van der Waals surface area contributed by atoms with E-state index in [9.17, 15) is 4.79 Å². The van der Waals surface area contributed by atoms with Crippen LogP contribution in [0, 0.1) is 6.92 Å². The van der Waals surface area contributed by atoms with Crippen LogP contribution in [0.1, 0.15) is 53.2 Å². The highest BCUT2D eigenvalue weighted by molar-refractivity contribution is 7.14. The molecule has 4 heteroatoms. The molecular formula is C14H21NO2S. The minimum Gasteiger partial charge on any atom is -0.477 e. The fourth-order valence-electron chi connectivity index (χ4n) is 2.83. The fraction of sp³-hybridized carbons (Fsp3) is 0.643. The molecule has 1 aromatic heterocycles. The van der Waals surface area contributed by atoms with E-state index in [0.29, 0.717) is 17.0 Å². The largest absolute Gasteiger partial charge is 0.477 e. The SMILES string of the molecule is CCC1CCC(C)N1Cc1cc(C(=O)O)sc1C. The van der Waals surface area contributed by atoms with E-state index in [1.807, 2.05) is 13.0 Å². The van der Waals surface area contributed by atoms with Crippen LogP contribution in [-0.4, -0.2) is 28.1 Å². The summed E-state index contributed by atoms with van der Waals surface area (Å²) >= 11 is 1.39. The van der Waals surface area contributed by atoms with Crippen LogP contribution in [-0.2, 0) is 6.54 Å². The summed E-state index contributed by atoms with van der Waals surface area (Å²) in [6, 6.07) is 3.12. The molecule has 2 heterocycles. The Bertz CT molecular complexity index is 441. The number of thiophene rings is 1. The van der Waals surface area contributed by atoms with Gasteiger partial charge in [0.25, 0.3) is 0 Å². The molecule has 0 aromatic carbocycles. The summed E-state index contributed by atoms with van der Waals surface area (Å²) in [6.45, 7) is 7.43. The van der Waals surface area contributed by atoms with Crippen LogP contribution in [0.15, 0.2) is 6.07 Å². The third-order valence-electron chi connectivity index (χ3n) is 4.01. The Morgan fingerprint density at radius 2 is 2.28 bits per heavy atom. The van der Waals surface area contributed by atoms with Crippen molar-refractivity contribution in [1.82, 2.24) is 4.90 Å². The van der Waals surface area contributed by atoms with Gasteiger partial charge in [-0.2, -0.15) is 0 Å². The number of hydrogen-bond acceptors (Lipinski definition) is 3. The standard InChI is InChI=1S/C14H21NO2S/c1-4-12-6-5-9(2)15(12)8-11-7-13(14(16)17)18-10(11)3/h7,9,12H,4-6,8H2,1-3H3,(H,16,17). The lowest BCUT2D eigenvalue weighted by Crippen LogP contribution is -2.33. The zero-order valence-corrected chi connectivity index (χ0v) is 12.1. The van der Waals surface area contributed by atoms with Crippen LogP contribution < -0.4 is 0 Å². The molecule has 1 aliphatic rings. The molecule has 18 heavy (non-hydrogen) atoms. The lowest BCUT2D eigenvalue weighted by Gasteiger charge is -2.27. The Labute approximate surface area is 112 Å². The van der Waals surface area contributed by atoms with Crippen molar-refractivity contribution in [2.24, 2.45) is 0 Å². The van der Waals surface area contributed by atoms with Gasteiger partial charge < -0.3 is 5.11 Å². The lowest BCUT2D eigenvalue weighted by atomic mass is 10.1. The Balaban J connectivity index is 2.15. The van der Waals surface area contributed by atoms with Gasteiger partial charge in [0.1, 0.15) is 4.88 Å². The number of carboxylic acid groups (broad SMARTS) is 1. The minimum atomic E-state index is -0.809. The fourth-order valence-corrected chi connectivity index (χ4v) is 3.70. The highest BCUT2D eigenvalue weighted by Gasteiger charge is 2.29. The van der Waals surface area contributed by atoms with E-state index in [4.69, 9.17) is 5.11 Å². The molecule has 0 aliphatic carbocycles. The molecule has 0 spiro atoms. The number of likely N-dealkylation sites (tertiary alicyclic amines) is 1.